The molecule has 0 saturated heterocycles. The van der Waals surface area contributed by atoms with Crippen molar-refractivity contribution in [2.24, 2.45) is 0 Å². The molecular weight excluding hydrogens is 448 g/mol. The zero-order valence-electron chi connectivity index (χ0n) is 18.3. The van der Waals surface area contributed by atoms with Crippen LogP contribution in [0.1, 0.15) is 0 Å². The molecule has 2 heterocycles. The Morgan fingerprint density at radius 1 is 0.853 bits per heavy atom. The molecule has 1 aliphatic rings. The molecule has 0 fully saturated rings. The van der Waals surface area contributed by atoms with E-state index in [0.717, 1.165) is 22.6 Å². The molecule has 4 aromatic rings. The highest BCUT2D eigenvalue weighted by atomic mass is 32.2. The van der Waals surface area contributed by atoms with Crippen LogP contribution in [0.2, 0.25) is 0 Å². The van der Waals surface area contributed by atoms with E-state index in [1.165, 1.54) is 11.8 Å². The fraction of sp³-hybridized carbons (Fsp3) is 0.154. The Hall–Kier alpha value is -3.91. The molecule has 8 heteroatoms. The second kappa shape index (κ2) is 10.4. The van der Waals surface area contributed by atoms with E-state index in [-0.39, 0.29) is 17.8 Å². The van der Waals surface area contributed by atoms with Gasteiger partial charge in [-0.15, -0.1) is 10.2 Å². The van der Waals surface area contributed by atoms with Crippen molar-refractivity contribution in [2.75, 3.05) is 18.9 Å². The predicted octanol–water partition coefficient (Wildman–Crippen LogP) is 4.25. The van der Waals surface area contributed by atoms with Gasteiger partial charge in [-0.25, -0.2) is 4.98 Å². The topological polar surface area (TPSA) is 86.2 Å². The number of hydrogen-bond donors (Lipinski definition) is 1. The average Bonchev–Trinajstić information content (AvgIpc) is 2.91. The second-order valence-corrected chi connectivity index (χ2v) is 8.56. The monoisotopic (exact) mass is 470 g/mol. The zero-order chi connectivity index (χ0) is 23.2. The van der Waals surface area contributed by atoms with E-state index in [2.05, 4.69) is 15.5 Å². The summed E-state index contributed by atoms with van der Waals surface area (Å²) in [6.07, 6.45) is -0.239. The molecule has 1 N–H and O–H groups in total. The Morgan fingerprint density at radius 3 is 2.24 bits per heavy atom. The molecule has 0 bridgehead atoms. The fourth-order valence-electron chi connectivity index (χ4n) is 3.53. The zero-order valence-corrected chi connectivity index (χ0v) is 19.1. The van der Waals surface area contributed by atoms with Gasteiger partial charge in [0.05, 0.1) is 12.3 Å². The first-order valence-electron chi connectivity index (χ1n) is 10.9. The smallest absolute Gasteiger partial charge is 0.230 e. The van der Waals surface area contributed by atoms with Crippen molar-refractivity contribution in [3.05, 3.63) is 84.9 Å². The normalized spacial score (nSPS) is 14.4. The molecule has 0 unspecified atom stereocenters. The molecule has 34 heavy (non-hydrogen) atoms. The molecule has 1 aromatic heterocycles. The summed E-state index contributed by atoms with van der Waals surface area (Å²) < 4.78 is 11.6. The molecule has 0 spiro atoms. The summed E-state index contributed by atoms with van der Waals surface area (Å²) in [6.45, 7) is 0.744. The van der Waals surface area contributed by atoms with Crippen LogP contribution in [0, 0.1) is 0 Å². The molecule has 0 saturated carbocycles. The van der Waals surface area contributed by atoms with Crippen LogP contribution >= 0.6 is 11.8 Å². The number of hydrogen-bond acceptors (Lipinski definition) is 7. The van der Waals surface area contributed by atoms with E-state index < -0.39 is 0 Å². The third-order valence-electron chi connectivity index (χ3n) is 5.19. The summed E-state index contributed by atoms with van der Waals surface area (Å²) >= 11 is 1.25. The molecule has 0 aliphatic carbocycles. The van der Waals surface area contributed by atoms with Crippen LogP contribution in [0.5, 0.6) is 11.5 Å². The van der Waals surface area contributed by atoms with Gasteiger partial charge in [-0.1, -0.05) is 84.6 Å². The van der Waals surface area contributed by atoms with E-state index in [1.54, 1.807) is 0 Å². The average molecular weight is 471 g/mol. The van der Waals surface area contributed by atoms with Gasteiger partial charge in [0.15, 0.2) is 11.5 Å². The van der Waals surface area contributed by atoms with Gasteiger partial charge in [-0.05, 0) is 12.1 Å². The Kier molecular flexibility index (Phi) is 6.67. The number of nitrogens with one attached hydrogen (secondary N) is 1. The number of benzene rings is 3. The van der Waals surface area contributed by atoms with Crippen molar-refractivity contribution in [2.45, 2.75) is 11.3 Å². The number of fused-ring (bicyclic) bond motifs is 1. The van der Waals surface area contributed by atoms with Crippen molar-refractivity contribution in [1.29, 1.82) is 0 Å². The van der Waals surface area contributed by atoms with Gasteiger partial charge < -0.3 is 14.8 Å². The van der Waals surface area contributed by atoms with E-state index in [1.807, 2.05) is 84.9 Å². The van der Waals surface area contributed by atoms with Crippen molar-refractivity contribution in [3.63, 3.8) is 0 Å². The number of para-hydroxylation sites is 2. The van der Waals surface area contributed by atoms with Gasteiger partial charge in [0.25, 0.3) is 0 Å². The number of aromatic nitrogens is 3. The Labute approximate surface area is 201 Å². The third kappa shape index (κ3) is 5.18. The Morgan fingerprint density at radius 2 is 1.50 bits per heavy atom. The molecule has 5 rings (SSSR count). The summed E-state index contributed by atoms with van der Waals surface area (Å²) in [6, 6.07) is 27.2. The molecule has 3 aromatic carbocycles. The molecular formula is C26H22N4O3S. The maximum atomic E-state index is 12.4. The summed E-state index contributed by atoms with van der Waals surface area (Å²) in [5, 5.41) is 12.0. The highest BCUT2D eigenvalue weighted by Crippen LogP contribution is 2.31. The largest absolute Gasteiger partial charge is 0.486 e. The number of thioether (sulfide) groups is 1. The lowest BCUT2D eigenvalue weighted by Crippen LogP contribution is -2.41. The molecule has 0 radical (unpaired) electrons. The molecule has 7 nitrogen and oxygen atoms in total. The lowest BCUT2D eigenvalue weighted by atomic mass is 10.0. The predicted molar refractivity (Wildman–Crippen MR) is 131 cm³/mol. The summed E-state index contributed by atoms with van der Waals surface area (Å²) in [4.78, 5) is 17.2. The summed E-state index contributed by atoms with van der Waals surface area (Å²) in [5.74, 6) is 1.45. The maximum Gasteiger partial charge on any atom is 0.230 e. The summed E-state index contributed by atoms with van der Waals surface area (Å²) in [7, 11) is 0. The van der Waals surface area contributed by atoms with Gasteiger partial charge in [0, 0.05) is 11.1 Å². The number of rotatable bonds is 7. The number of carbonyl (C=O) groups is 1. The van der Waals surface area contributed by atoms with E-state index in [4.69, 9.17) is 14.5 Å². The highest BCUT2D eigenvalue weighted by molar-refractivity contribution is 7.99. The van der Waals surface area contributed by atoms with E-state index in [0.29, 0.717) is 29.8 Å². The van der Waals surface area contributed by atoms with Crippen LogP contribution < -0.4 is 14.8 Å². The number of ether oxygens (including phenoxy) is 2. The minimum Gasteiger partial charge on any atom is -0.486 e. The van der Waals surface area contributed by atoms with Gasteiger partial charge in [-0.3, -0.25) is 4.79 Å². The lowest BCUT2D eigenvalue weighted by molar-refractivity contribution is -0.119. The number of carbonyl (C=O) groups excluding carboxylic acids is 1. The first kappa shape index (κ1) is 21.9. The molecule has 1 amide bonds. The Bertz CT molecular complexity index is 1270. The first-order chi connectivity index (χ1) is 16.8. The van der Waals surface area contributed by atoms with Gasteiger partial charge in [-0.2, -0.15) is 0 Å². The van der Waals surface area contributed by atoms with Crippen LogP contribution in [0.4, 0.5) is 0 Å². The van der Waals surface area contributed by atoms with Crippen LogP contribution in [-0.4, -0.2) is 46.1 Å². The van der Waals surface area contributed by atoms with Crippen molar-refractivity contribution in [1.82, 2.24) is 20.5 Å². The molecule has 170 valence electrons. The quantitative estimate of drug-likeness (QED) is 0.404. The second-order valence-electron chi connectivity index (χ2n) is 7.61. The van der Waals surface area contributed by atoms with Gasteiger partial charge >= 0.3 is 0 Å². The fourth-order valence-corrected chi connectivity index (χ4v) is 4.15. The van der Waals surface area contributed by atoms with E-state index in [9.17, 15) is 4.79 Å². The first-order valence-corrected chi connectivity index (χ1v) is 11.9. The number of amides is 1. The molecule has 1 atom stereocenters. The standard InChI is InChI=1S/C26H22N4O3S/c31-23(27-15-20-16-32-21-13-7-8-14-22(21)33-20)17-34-26-28-24(18-9-3-1-4-10-18)25(29-30-26)19-11-5-2-6-12-19/h1-14,20H,15-17H2,(H,27,31)/t20-/m0/s1. The highest BCUT2D eigenvalue weighted by Gasteiger charge is 2.21. The van der Waals surface area contributed by atoms with Gasteiger partial charge in [0.1, 0.15) is 24.1 Å². The van der Waals surface area contributed by atoms with Crippen LogP contribution in [0.25, 0.3) is 22.5 Å². The van der Waals surface area contributed by atoms with Crippen LogP contribution in [-0.2, 0) is 4.79 Å². The minimum atomic E-state index is -0.239. The Balaban J connectivity index is 1.23. The van der Waals surface area contributed by atoms with Crippen LogP contribution in [0.3, 0.4) is 0 Å². The van der Waals surface area contributed by atoms with E-state index >= 15 is 0 Å². The maximum absolute atomic E-state index is 12.4. The number of nitrogens with zero attached hydrogens (tertiary/aromatic N) is 3. The third-order valence-corrected chi connectivity index (χ3v) is 6.03. The molecule has 1 aliphatic heterocycles. The summed E-state index contributed by atoms with van der Waals surface area (Å²) in [5.41, 5.74) is 3.32. The van der Waals surface area contributed by atoms with Crippen molar-refractivity contribution >= 4 is 17.7 Å². The van der Waals surface area contributed by atoms with Crippen molar-refractivity contribution in [3.8, 4) is 34.0 Å². The minimum absolute atomic E-state index is 0.135. The SMILES string of the molecule is O=C(CSc1nnc(-c2ccccc2)c(-c2ccccc2)n1)NC[C@H]1COc2ccccc2O1. The van der Waals surface area contributed by atoms with Crippen molar-refractivity contribution < 1.29 is 14.3 Å². The van der Waals surface area contributed by atoms with Crippen LogP contribution in [0.15, 0.2) is 90.1 Å². The van der Waals surface area contributed by atoms with Gasteiger partial charge in [0.2, 0.25) is 11.1 Å². The lowest BCUT2D eigenvalue weighted by Gasteiger charge is -2.26.